The second-order valence-electron chi connectivity index (χ2n) is 3.68. The summed E-state index contributed by atoms with van der Waals surface area (Å²) in [4.78, 5) is 0. The minimum absolute atomic E-state index is 0.156. The first-order valence-electron chi connectivity index (χ1n) is 4.75. The number of aliphatic hydroxyl groups excluding tert-OH is 1. The molecule has 1 heteroatoms. The first-order valence-corrected chi connectivity index (χ1v) is 4.75. The highest BCUT2D eigenvalue weighted by atomic mass is 16.3. The molecule has 1 N–H and O–H groups in total. The smallest absolute Gasteiger partial charge is 0.0487 e. The summed E-state index contributed by atoms with van der Waals surface area (Å²) in [6.07, 6.45) is 3.44. The lowest BCUT2D eigenvalue weighted by Crippen LogP contribution is -2.29. The fourth-order valence-corrected chi connectivity index (χ4v) is 1.80. The Hall–Kier alpha value is -0.0400. The van der Waals surface area contributed by atoms with Crippen LogP contribution in [0.5, 0.6) is 0 Å². The fourth-order valence-electron chi connectivity index (χ4n) is 1.80. The van der Waals surface area contributed by atoms with Gasteiger partial charge in [0.25, 0.3) is 0 Å². The first-order chi connectivity index (χ1) is 5.14. The standard InChI is InChI=1S/C10H22O/c1-5-9(6-2)10(4,7-3)8-11/h9,11H,5-8H2,1-4H3. The van der Waals surface area contributed by atoms with Crippen LogP contribution in [0.15, 0.2) is 0 Å². The molecule has 0 aromatic carbocycles. The molecule has 0 aliphatic heterocycles. The van der Waals surface area contributed by atoms with Gasteiger partial charge in [0.1, 0.15) is 0 Å². The molecule has 1 nitrogen and oxygen atoms in total. The lowest BCUT2D eigenvalue weighted by atomic mass is 9.73. The van der Waals surface area contributed by atoms with E-state index in [1.807, 2.05) is 0 Å². The molecule has 0 rings (SSSR count). The number of aliphatic hydroxyl groups is 1. The molecule has 0 radical (unpaired) electrons. The van der Waals surface area contributed by atoms with E-state index in [0.29, 0.717) is 12.5 Å². The third-order valence-corrected chi connectivity index (χ3v) is 3.14. The Labute approximate surface area is 70.8 Å². The van der Waals surface area contributed by atoms with Crippen LogP contribution in [0.4, 0.5) is 0 Å². The van der Waals surface area contributed by atoms with Crippen molar-refractivity contribution in [2.24, 2.45) is 11.3 Å². The van der Waals surface area contributed by atoms with Crippen molar-refractivity contribution in [2.75, 3.05) is 6.61 Å². The summed E-state index contributed by atoms with van der Waals surface area (Å²) in [7, 11) is 0. The molecule has 0 aliphatic rings. The average molecular weight is 158 g/mol. The zero-order valence-corrected chi connectivity index (χ0v) is 8.35. The van der Waals surface area contributed by atoms with E-state index in [9.17, 15) is 5.11 Å². The van der Waals surface area contributed by atoms with Crippen molar-refractivity contribution < 1.29 is 5.11 Å². The monoisotopic (exact) mass is 158 g/mol. The van der Waals surface area contributed by atoms with Gasteiger partial charge in [-0.05, 0) is 17.8 Å². The maximum atomic E-state index is 9.22. The summed E-state index contributed by atoms with van der Waals surface area (Å²) in [5.41, 5.74) is 0.156. The minimum atomic E-state index is 0.156. The molecule has 11 heavy (non-hydrogen) atoms. The molecular formula is C10H22O. The van der Waals surface area contributed by atoms with Gasteiger partial charge >= 0.3 is 0 Å². The van der Waals surface area contributed by atoms with E-state index in [1.54, 1.807) is 0 Å². The highest BCUT2D eigenvalue weighted by Crippen LogP contribution is 2.34. The summed E-state index contributed by atoms with van der Waals surface area (Å²) in [6, 6.07) is 0. The van der Waals surface area contributed by atoms with Gasteiger partial charge < -0.3 is 5.11 Å². The highest BCUT2D eigenvalue weighted by molar-refractivity contribution is 4.78. The fraction of sp³-hybridized carbons (Fsp3) is 1.00. The topological polar surface area (TPSA) is 20.2 Å². The Balaban J connectivity index is 4.19. The molecule has 0 aliphatic carbocycles. The Morgan fingerprint density at radius 3 is 1.73 bits per heavy atom. The third-order valence-electron chi connectivity index (χ3n) is 3.14. The second kappa shape index (κ2) is 4.76. The molecule has 0 aromatic heterocycles. The molecule has 68 valence electrons. The normalized spacial score (nSPS) is 16.9. The van der Waals surface area contributed by atoms with Crippen LogP contribution in [0.25, 0.3) is 0 Å². The largest absolute Gasteiger partial charge is 0.396 e. The number of rotatable bonds is 5. The lowest BCUT2D eigenvalue weighted by Gasteiger charge is -2.34. The maximum absolute atomic E-state index is 9.22. The maximum Gasteiger partial charge on any atom is 0.0487 e. The number of hydrogen-bond donors (Lipinski definition) is 1. The van der Waals surface area contributed by atoms with Crippen LogP contribution in [-0.4, -0.2) is 11.7 Å². The van der Waals surface area contributed by atoms with Crippen molar-refractivity contribution in [2.45, 2.75) is 47.0 Å². The zero-order valence-electron chi connectivity index (χ0n) is 8.35. The molecule has 0 saturated heterocycles. The van der Waals surface area contributed by atoms with Crippen molar-refractivity contribution in [3.63, 3.8) is 0 Å². The van der Waals surface area contributed by atoms with Crippen LogP contribution in [0.2, 0.25) is 0 Å². The van der Waals surface area contributed by atoms with Crippen LogP contribution in [0, 0.1) is 11.3 Å². The second-order valence-corrected chi connectivity index (χ2v) is 3.68. The van der Waals surface area contributed by atoms with E-state index < -0.39 is 0 Å². The molecule has 0 spiro atoms. The van der Waals surface area contributed by atoms with Crippen molar-refractivity contribution in [1.29, 1.82) is 0 Å². The summed E-state index contributed by atoms with van der Waals surface area (Å²) in [6.45, 7) is 9.09. The van der Waals surface area contributed by atoms with Gasteiger partial charge in [-0.25, -0.2) is 0 Å². The van der Waals surface area contributed by atoms with Gasteiger partial charge in [-0.2, -0.15) is 0 Å². The van der Waals surface area contributed by atoms with Gasteiger partial charge in [0.05, 0.1) is 0 Å². The molecule has 1 atom stereocenters. The number of hydrogen-bond acceptors (Lipinski definition) is 1. The van der Waals surface area contributed by atoms with Gasteiger partial charge in [-0.1, -0.05) is 40.5 Å². The van der Waals surface area contributed by atoms with E-state index >= 15 is 0 Å². The van der Waals surface area contributed by atoms with E-state index in [4.69, 9.17) is 0 Å². The molecule has 0 aromatic rings. The van der Waals surface area contributed by atoms with Gasteiger partial charge in [0.2, 0.25) is 0 Å². The van der Waals surface area contributed by atoms with Crippen LogP contribution in [0.3, 0.4) is 0 Å². The summed E-state index contributed by atoms with van der Waals surface area (Å²) >= 11 is 0. The van der Waals surface area contributed by atoms with Crippen molar-refractivity contribution >= 4 is 0 Å². The third kappa shape index (κ3) is 2.48. The Kier molecular flexibility index (Phi) is 4.74. The zero-order chi connectivity index (χ0) is 8.91. The van der Waals surface area contributed by atoms with Crippen LogP contribution in [0.1, 0.15) is 47.0 Å². The summed E-state index contributed by atoms with van der Waals surface area (Å²) in [5, 5.41) is 9.22. The average Bonchev–Trinajstić information content (AvgIpc) is 2.06. The van der Waals surface area contributed by atoms with Crippen molar-refractivity contribution in [3.8, 4) is 0 Å². The van der Waals surface area contributed by atoms with E-state index in [1.165, 1.54) is 12.8 Å². The Bertz CT molecular complexity index is 91.0. The molecule has 0 heterocycles. The van der Waals surface area contributed by atoms with Gasteiger partial charge in [0, 0.05) is 6.61 Å². The quantitative estimate of drug-likeness (QED) is 0.652. The Morgan fingerprint density at radius 2 is 1.64 bits per heavy atom. The summed E-state index contributed by atoms with van der Waals surface area (Å²) in [5.74, 6) is 0.678. The molecule has 1 unspecified atom stereocenters. The molecular weight excluding hydrogens is 136 g/mol. The van der Waals surface area contributed by atoms with Gasteiger partial charge in [-0.15, -0.1) is 0 Å². The van der Waals surface area contributed by atoms with Crippen molar-refractivity contribution in [1.82, 2.24) is 0 Å². The molecule has 0 bridgehead atoms. The van der Waals surface area contributed by atoms with Crippen LogP contribution in [-0.2, 0) is 0 Å². The van der Waals surface area contributed by atoms with Crippen LogP contribution < -0.4 is 0 Å². The van der Waals surface area contributed by atoms with Crippen molar-refractivity contribution in [3.05, 3.63) is 0 Å². The minimum Gasteiger partial charge on any atom is -0.396 e. The lowest BCUT2D eigenvalue weighted by molar-refractivity contribution is 0.0690. The van der Waals surface area contributed by atoms with Gasteiger partial charge in [-0.3, -0.25) is 0 Å². The molecule has 0 fully saturated rings. The van der Waals surface area contributed by atoms with E-state index in [-0.39, 0.29) is 5.41 Å². The summed E-state index contributed by atoms with van der Waals surface area (Å²) < 4.78 is 0. The van der Waals surface area contributed by atoms with Crippen LogP contribution >= 0.6 is 0 Å². The SMILES string of the molecule is CCC(CC)C(C)(CC)CO. The molecule has 0 amide bonds. The predicted molar refractivity (Wildman–Crippen MR) is 49.6 cm³/mol. The van der Waals surface area contributed by atoms with E-state index in [2.05, 4.69) is 27.7 Å². The highest BCUT2D eigenvalue weighted by Gasteiger charge is 2.28. The predicted octanol–water partition coefficient (Wildman–Crippen LogP) is 2.83. The van der Waals surface area contributed by atoms with Gasteiger partial charge in [0.15, 0.2) is 0 Å². The first kappa shape index (κ1) is 11.0. The molecule has 0 saturated carbocycles. The Morgan fingerprint density at radius 1 is 1.18 bits per heavy atom. The van der Waals surface area contributed by atoms with E-state index in [0.717, 1.165) is 6.42 Å².